The molecule has 0 saturated heterocycles. The van der Waals surface area contributed by atoms with Crippen molar-refractivity contribution in [2.45, 2.75) is 12.5 Å². The number of carbonyl (C=O) groups is 2. The lowest BCUT2D eigenvalue weighted by Crippen LogP contribution is -2.36. The third-order valence-corrected chi connectivity index (χ3v) is 3.06. The van der Waals surface area contributed by atoms with Gasteiger partial charge in [0.05, 0.1) is 5.69 Å². The Labute approximate surface area is 110 Å². The highest BCUT2D eigenvalue weighted by molar-refractivity contribution is 5.97. The molecule has 102 valence electrons. The molecule has 1 aromatic rings. The number of hydrogen-bond donors (Lipinski definition) is 3. The first-order valence-electron chi connectivity index (χ1n) is 5.81. The second kappa shape index (κ2) is 5.25. The van der Waals surface area contributed by atoms with Gasteiger partial charge in [-0.05, 0) is 17.7 Å². The number of benzene rings is 1. The number of fused-ring (bicyclic) bond motifs is 1. The van der Waals surface area contributed by atoms with Crippen molar-refractivity contribution in [3.8, 4) is 5.75 Å². The van der Waals surface area contributed by atoms with Crippen LogP contribution in [0.5, 0.6) is 5.75 Å². The zero-order valence-corrected chi connectivity index (χ0v) is 10.6. The fourth-order valence-electron chi connectivity index (χ4n) is 1.90. The monoisotopic (exact) mass is 264 g/mol. The number of hydrazine groups is 1. The summed E-state index contributed by atoms with van der Waals surface area (Å²) >= 11 is 0. The number of amides is 2. The number of nitrogens with one attached hydrogen (secondary N) is 1. The van der Waals surface area contributed by atoms with E-state index in [1.54, 1.807) is 25.2 Å². The molecule has 1 heterocycles. The quantitative estimate of drug-likeness (QED) is 0.384. The van der Waals surface area contributed by atoms with Crippen LogP contribution in [0.2, 0.25) is 0 Å². The first-order chi connectivity index (χ1) is 9.02. The molecular formula is C12H16N4O3. The molecule has 7 nitrogen and oxygen atoms in total. The number of likely N-dealkylation sites (N-methyl/N-ethyl adjacent to an activating group) is 1. The van der Waals surface area contributed by atoms with Crippen molar-refractivity contribution in [2.75, 3.05) is 18.6 Å². The molecule has 0 spiro atoms. The van der Waals surface area contributed by atoms with Gasteiger partial charge in [0.2, 0.25) is 5.91 Å². The van der Waals surface area contributed by atoms with Gasteiger partial charge in [0.15, 0.2) is 6.61 Å². The van der Waals surface area contributed by atoms with Crippen molar-refractivity contribution in [3.63, 3.8) is 0 Å². The van der Waals surface area contributed by atoms with Crippen LogP contribution in [0, 0.1) is 0 Å². The fraction of sp³-hybridized carbons (Fsp3) is 0.333. The van der Waals surface area contributed by atoms with Crippen LogP contribution < -0.4 is 26.6 Å². The Morgan fingerprint density at radius 1 is 1.58 bits per heavy atom. The van der Waals surface area contributed by atoms with Gasteiger partial charge in [-0.15, -0.1) is 0 Å². The molecule has 0 fully saturated rings. The highest BCUT2D eigenvalue weighted by Gasteiger charge is 2.23. The van der Waals surface area contributed by atoms with Crippen LogP contribution in [-0.4, -0.2) is 25.5 Å². The van der Waals surface area contributed by atoms with E-state index in [1.807, 2.05) is 5.43 Å². The van der Waals surface area contributed by atoms with Gasteiger partial charge in [0, 0.05) is 19.5 Å². The zero-order valence-electron chi connectivity index (χ0n) is 10.6. The first kappa shape index (κ1) is 13.3. The number of nitrogens with two attached hydrogens (primary N) is 2. The second-order valence-electron chi connectivity index (χ2n) is 4.35. The lowest BCUT2D eigenvalue weighted by molar-refractivity contribution is -0.122. The van der Waals surface area contributed by atoms with Gasteiger partial charge in [0.25, 0.3) is 5.91 Å². The normalized spacial score (nSPS) is 15.5. The summed E-state index contributed by atoms with van der Waals surface area (Å²) in [6.07, 6.45) is 0.0772. The maximum atomic E-state index is 11.6. The summed E-state index contributed by atoms with van der Waals surface area (Å²) in [6.45, 7) is 0.0322. The SMILES string of the molecule is CN1C(=O)COc2ccc(C(N)CC(=O)NN)cc21. The maximum absolute atomic E-state index is 11.6. The van der Waals surface area contributed by atoms with Crippen LogP contribution in [0.15, 0.2) is 18.2 Å². The fourth-order valence-corrected chi connectivity index (χ4v) is 1.90. The van der Waals surface area contributed by atoms with E-state index >= 15 is 0 Å². The standard InChI is InChI=1S/C12H16N4O3/c1-16-9-4-7(8(13)5-11(17)15-14)2-3-10(9)19-6-12(16)18/h2-4,8H,5-6,13-14H2,1H3,(H,15,17). The van der Waals surface area contributed by atoms with Crippen molar-refractivity contribution in [2.24, 2.45) is 11.6 Å². The van der Waals surface area contributed by atoms with Crippen LogP contribution in [0.1, 0.15) is 18.0 Å². The van der Waals surface area contributed by atoms with E-state index in [4.69, 9.17) is 16.3 Å². The van der Waals surface area contributed by atoms with E-state index in [9.17, 15) is 9.59 Å². The summed E-state index contributed by atoms with van der Waals surface area (Å²) in [7, 11) is 1.67. The number of hydrogen-bond acceptors (Lipinski definition) is 5. The molecule has 1 aliphatic heterocycles. The number of ether oxygens (including phenoxy) is 1. The van der Waals surface area contributed by atoms with E-state index in [1.165, 1.54) is 4.90 Å². The van der Waals surface area contributed by atoms with Crippen molar-refractivity contribution in [1.29, 1.82) is 0 Å². The van der Waals surface area contributed by atoms with Crippen LogP contribution >= 0.6 is 0 Å². The first-order valence-corrected chi connectivity index (χ1v) is 5.81. The highest BCUT2D eigenvalue weighted by Crippen LogP contribution is 2.33. The predicted octanol–water partition coefficient (Wildman–Crippen LogP) is -0.578. The predicted molar refractivity (Wildman–Crippen MR) is 69.2 cm³/mol. The smallest absolute Gasteiger partial charge is 0.264 e. The Morgan fingerprint density at radius 2 is 2.32 bits per heavy atom. The molecule has 0 bridgehead atoms. The minimum absolute atomic E-state index is 0.0322. The van der Waals surface area contributed by atoms with Crippen molar-refractivity contribution in [1.82, 2.24) is 5.43 Å². The van der Waals surface area contributed by atoms with E-state index in [0.29, 0.717) is 11.4 Å². The summed E-state index contributed by atoms with van der Waals surface area (Å²) in [5, 5.41) is 0. The third-order valence-electron chi connectivity index (χ3n) is 3.06. The molecule has 7 heteroatoms. The summed E-state index contributed by atoms with van der Waals surface area (Å²) in [6, 6.07) is 4.78. The van der Waals surface area contributed by atoms with Gasteiger partial charge in [0.1, 0.15) is 5.75 Å². The van der Waals surface area contributed by atoms with Crippen molar-refractivity contribution < 1.29 is 14.3 Å². The molecule has 2 rings (SSSR count). The molecular weight excluding hydrogens is 248 g/mol. The Kier molecular flexibility index (Phi) is 3.68. The molecule has 1 atom stereocenters. The van der Waals surface area contributed by atoms with Crippen LogP contribution in [0.25, 0.3) is 0 Å². The Morgan fingerprint density at radius 3 is 3.00 bits per heavy atom. The maximum Gasteiger partial charge on any atom is 0.264 e. The van der Waals surface area contributed by atoms with Crippen molar-refractivity contribution >= 4 is 17.5 Å². The Bertz CT molecular complexity index is 518. The molecule has 19 heavy (non-hydrogen) atoms. The Balaban J connectivity index is 2.25. The molecule has 2 amide bonds. The number of carbonyl (C=O) groups excluding carboxylic acids is 2. The average Bonchev–Trinajstić information content (AvgIpc) is 2.42. The lowest BCUT2D eigenvalue weighted by atomic mass is 10.0. The van der Waals surface area contributed by atoms with Crippen molar-refractivity contribution in [3.05, 3.63) is 23.8 Å². The van der Waals surface area contributed by atoms with Gasteiger partial charge < -0.3 is 15.4 Å². The summed E-state index contributed by atoms with van der Waals surface area (Å²) in [5.41, 5.74) is 9.35. The van der Waals surface area contributed by atoms with E-state index in [0.717, 1.165) is 5.56 Å². The molecule has 5 N–H and O–H groups in total. The topological polar surface area (TPSA) is 111 Å². The van der Waals surface area contributed by atoms with Crippen LogP contribution in [-0.2, 0) is 9.59 Å². The van der Waals surface area contributed by atoms with Gasteiger partial charge in [-0.3, -0.25) is 15.0 Å². The van der Waals surface area contributed by atoms with Gasteiger partial charge in [-0.1, -0.05) is 6.07 Å². The molecule has 1 aromatic carbocycles. The zero-order chi connectivity index (χ0) is 14.0. The summed E-state index contributed by atoms with van der Waals surface area (Å²) in [4.78, 5) is 24.3. The minimum atomic E-state index is -0.487. The molecule has 0 saturated carbocycles. The molecule has 1 unspecified atom stereocenters. The average molecular weight is 264 g/mol. The van der Waals surface area contributed by atoms with Gasteiger partial charge >= 0.3 is 0 Å². The minimum Gasteiger partial charge on any atom is -0.482 e. The Hall–Kier alpha value is -2.12. The third kappa shape index (κ3) is 2.67. The highest BCUT2D eigenvalue weighted by atomic mass is 16.5. The number of nitrogens with zero attached hydrogens (tertiary/aromatic N) is 1. The van der Waals surface area contributed by atoms with Crippen LogP contribution in [0.3, 0.4) is 0 Å². The van der Waals surface area contributed by atoms with Gasteiger partial charge in [-0.2, -0.15) is 0 Å². The molecule has 1 aliphatic rings. The largest absolute Gasteiger partial charge is 0.482 e. The van der Waals surface area contributed by atoms with E-state index in [-0.39, 0.29) is 24.8 Å². The van der Waals surface area contributed by atoms with Gasteiger partial charge in [-0.25, -0.2) is 5.84 Å². The summed E-state index contributed by atoms with van der Waals surface area (Å²) < 4.78 is 5.31. The lowest BCUT2D eigenvalue weighted by Gasteiger charge is -2.27. The number of anilines is 1. The second-order valence-corrected chi connectivity index (χ2v) is 4.35. The van der Waals surface area contributed by atoms with E-state index in [2.05, 4.69) is 0 Å². The number of rotatable bonds is 3. The molecule has 0 aromatic heterocycles. The molecule has 0 radical (unpaired) electrons. The van der Waals surface area contributed by atoms with Crippen LogP contribution in [0.4, 0.5) is 5.69 Å². The molecule has 0 aliphatic carbocycles. The summed E-state index contributed by atoms with van der Waals surface area (Å²) in [5.74, 6) is 5.18. The van der Waals surface area contributed by atoms with E-state index < -0.39 is 6.04 Å².